The van der Waals surface area contributed by atoms with Crippen LogP contribution in [-0.4, -0.2) is 41.4 Å². The highest BCUT2D eigenvalue weighted by atomic mass is 79.9. The molecule has 0 spiro atoms. The smallest absolute Gasteiger partial charge is 0.257 e. The lowest BCUT2D eigenvalue weighted by Crippen LogP contribution is -2.19. The minimum Gasteiger partial charge on any atom is -0.490 e. The summed E-state index contributed by atoms with van der Waals surface area (Å²) < 4.78 is 12.6. The number of carbonyl (C=O) groups excluding carboxylic acids is 2. The molecular weight excluding hydrogens is 606 g/mol. The fraction of sp³-hybridized carbons (Fsp3) is 0.233. The maximum atomic E-state index is 12.4. The number of aromatic nitrogens is 2. The molecule has 9 nitrogen and oxygen atoms in total. The molecule has 0 aliphatic heterocycles. The molecule has 0 aliphatic carbocycles. The lowest BCUT2D eigenvalue weighted by atomic mass is 9.99. The average molecular weight is 637 g/mol. The van der Waals surface area contributed by atoms with Gasteiger partial charge in [-0.15, -0.1) is 10.2 Å². The maximum Gasteiger partial charge on any atom is 0.257 e. The first-order valence-electron chi connectivity index (χ1n) is 13.1. The highest BCUT2D eigenvalue weighted by molar-refractivity contribution is 9.10. The number of hydrogen-bond donors (Lipinski definition) is 2. The van der Waals surface area contributed by atoms with Gasteiger partial charge >= 0.3 is 0 Å². The summed E-state index contributed by atoms with van der Waals surface area (Å²) in [6, 6.07) is 22.4. The summed E-state index contributed by atoms with van der Waals surface area (Å²) in [5, 5.41) is 15.4. The van der Waals surface area contributed by atoms with Crippen LogP contribution < -0.4 is 20.2 Å². The van der Waals surface area contributed by atoms with Crippen LogP contribution in [0.3, 0.4) is 0 Å². The van der Waals surface area contributed by atoms with E-state index in [0.717, 1.165) is 28.0 Å². The molecule has 1 unspecified atom stereocenters. The number of anilines is 1. The van der Waals surface area contributed by atoms with E-state index in [9.17, 15) is 9.59 Å². The van der Waals surface area contributed by atoms with Crippen molar-refractivity contribution in [3.8, 4) is 11.5 Å². The maximum absolute atomic E-state index is 12.4. The van der Waals surface area contributed by atoms with E-state index in [2.05, 4.69) is 68.0 Å². The minimum absolute atomic E-state index is 0.0340. The van der Waals surface area contributed by atoms with Gasteiger partial charge in [-0.25, -0.2) is 5.43 Å². The van der Waals surface area contributed by atoms with Crippen LogP contribution in [-0.2, 0) is 11.2 Å². The Morgan fingerprint density at radius 3 is 2.54 bits per heavy atom. The van der Waals surface area contributed by atoms with Gasteiger partial charge in [0, 0.05) is 15.6 Å². The van der Waals surface area contributed by atoms with Crippen LogP contribution in [0.1, 0.15) is 52.7 Å². The Morgan fingerprint density at radius 1 is 1.02 bits per heavy atom. The summed E-state index contributed by atoms with van der Waals surface area (Å²) in [6.45, 7) is 5.09. The first kappa shape index (κ1) is 29.9. The zero-order valence-electron chi connectivity index (χ0n) is 22.7. The monoisotopic (exact) mass is 635 g/mol. The number of hydrogen-bond acceptors (Lipinski definition) is 8. The average Bonchev–Trinajstić information content (AvgIpc) is 3.42. The molecular formula is C30H30BrN5O4S. The second-order valence-electron chi connectivity index (χ2n) is 9.05. The molecule has 2 N–H and O–H groups in total. The van der Waals surface area contributed by atoms with Crippen molar-refractivity contribution in [2.24, 2.45) is 5.10 Å². The van der Waals surface area contributed by atoms with Crippen molar-refractivity contribution in [3.63, 3.8) is 0 Å². The predicted octanol–water partition coefficient (Wildman–Crippen LogP) is 6.22. The summed E-state index contributed by atoms with van der Waals surface area (Å²) >= 11 is 4.58. The number of hydrazone groups is 1. The number of amides is 2. The van der Waals surface area contributed by atoms with Gasteiger partial charge in [-0.05, 0) is 60.4 Å². The third-order valence-electron chi connectivity index (χ3n) is 6.07. The number of halogens is 1. The van der Waals surface area contributed by atoms with E-state index in [0.29, 0.717) is 46.1 Å². The van der Waals surface area contributed by atoms with E-state index >= 15 is 0 Å². The highest BCUT2D eigenvalue weighted by Gasteiger charge is 2.12. The number of benzene rings is 3. The lowest BCUT2D eigenvalue weighted by molar-refractivity contribution is -0.120. The topological polar surface area (TPSA) is 115 Å². The zero-order chi connectivity index (χ0) is 29.0. The van der Waals surface area contributed by atoms with Crippen molar-refractivity contribution in [3.05, 3.63) is 99.0 Å². The van der Waals surface area contributed by atoms with Crippen molar-refractivity contribution >= 4 is 50.4 Å². The van der Waals surface area contributed by atoms with Gasteiger partial charge in [-0.2, -0.15) is 5.10 Å². The number of nitrogens with zero attached hydrogens (tertiary/aromatic N) is 3. The first-order valence-corrected chi connectivity index (χ1v) is 14.7. The highest BCUT2D eigenvalue weighted by Crippen LogP contribution is 2.23. The van der Waals surface area contributed by atoms with Crippen LogP contribution in [0.4, 0.5) is 5.13 Å². The van der Waals surface area contributed by atoms with Gasteiger partial charge in [0.15, 0.2) is 0 Å². The molecule has 212 valence electrons. The first-order chi connectivity index (χ1) is 19.9. The quantitative estimate of drug-likeness (QED) is 0.102. The van der Waals surface area contributed by atoms with Gasteiger partial charge < -0.3 is 9.47 Å². The van der Waals surface area contributed by atoms with Crippen LogP contribution in [0, 0.1) is 0 Å². The normalized spacial score (nSPS) is 11.7. The molecule has 1 aromatic heterocycles. The summed E-state index contributed by atoms with van der Waals surface area (Å²) in [6.07, 6.45) is 2.57. The van der Waals surface area contributed by atoms with Crippen LogP contribution in [0.5, 0.6) is 11.5 Å². The molecule has 41 heavy (non-hydrogen) atoms. The molecule has 0 saturated heterocycles. The van der Waals surface area contributed by atoms with Crippen molar-refractivity contribution in [1.29, 1.82) is 0 Å². The molecule has 3 aromatic carbocycles. The molecule has 1 heterocycles. The van der Waals surface area contributed by atoms with Gasteiger partial charge in [0.05, 0.1) is 12.6 Å². The molecule has 0 radical (unpaired) electrons. The number of rotatable bonds is 13. The Balaban J connectivity index is 1.24. The van der Waals surface area contributed by atoms with E-state index in [1.54, 1.807) is 24.3 Å². The SMILES string of the molecule is CCC(C)c1ccc(OCCOc2ccc(Br)cc2C=NNC(=O)Cc2nnc(NC(=O)c3ccccc3)s2)cc1. The Kier molecular flexibility index (Phi) is 11.0. The molecule has 0 bridgehead atoms. The second-order valence-corrected chi connectivity index (χ2v) is 11.0. The van der Waals surface area contributed by atoms with E-state index in [-0.39, 0.29) is 18.2 Å². The standard InChI is InChI=1S/C30H30BrN5O4S/c1-3-20(2)21-9-12-25(13-10-21)39-15-16-40-26-14-11-24(31)17-23(26)19-32-34-27(37)18-28-35-36-30(41-28)33-29(38)22-7-5-4-6-8-22/h4-14,17,19-20H,3,15-16,18H2,1-2H3,(H,34,37)(H,33,36,38). The molecule has 1 atom stereocenters. The van der Waals surface area contributed by atoms with Gasteiger partial charge in [0.2, 0.25) is 11.0 Å². The van der Waals surface area contributed by atoms with Crippen molar-refractivity contribution in [2.45, 2.75) is 32.6 Å². The summed E-state index contributed by atoms with van der Waals surface area (Å²) in [7, 11) is 0. The van der Waals surface area contributed by atoms with Crippen LogP contribution in [0.25, 0.3) is 0 Å². The van der Waals surface area contributed by atoms with Gasteiger partial charge in [-0.3, -0.25) is 14.9 Å². The van der Waals surface area contributed by atoms with Gasteiger partial charge in [-0.1, -0.05) is 71.4 Å². The predicted molar refractivity (Wildman–Crippen MR) is 164 cm³/mol. The van der Waals surface area contributed by atoms with Crippen molar-refractivity contribution in [1.82, 2.24) is 15.6 Å². The fourth-order valence-electron chi connectivity index (χ4n) is 3.68. The summed E-state index contributed by atoms with van der Waals surface area (Å²) in [5.41, 5.74) is 4.97. The van der Waals surface area contributed by atoms with E-state index in [1.165, 1.54) is 11.8 Å². The molecule has 0 aliphatic rings. The molecule has 4 rings (SSSR count). The molecule has 0 saturated carbocycles. The van der Waals surface area contributed by atoms with Gasteiger partial charge in [0.25, 0.3) is 5.91 Å². The second kappa shape index (κ2) is 15.1. The van der Waals surface area contributed by atoms with Crippen LogP contribution in [0.15, 0.2) is 82.4 Å². The molecule has 4 aromatic rings. The van der Waals surface area contributed by atoms with Crippen LogP contribution in [0.2, 0.25) is 0 Å². The largest absolute Gasteiger partial charge is 0.490 e. The molecule has 11 heteroatoms. The Morgan fingerprint density at radius 2 is 1.78 bits per heavy atom. The van der Waals surface area contributed by atoms with Crippen LogP contribution >= 0.6 is 27.3 Å². The van der Waals surface area contributed by atoms with E-state index in [1.807, 2.05) is 36.4 Å². The van der Waals surface area contributed by atoms with Gasteiger partial charge in [0.1, 0.15) is 29.7 Å². The summed E-state index contributed by atoms with van der Waals surface area (Å²) in [4.78, 5) is 24.7. The third kappa shape index (κ3) is 9.22. The molecule has 2 amide bonds. The Hall–Kier alpha value is -4.09. The van der Waals surface area contributed by atoms with E-state index < -0.39 is 0 Å². The Labute approximate surface area is 251 Å². The Bertz CT molecular complexity index is 1480. The number of nitrogens with one attached hydrogen (secondary N) is 2. The van der Waals surface area contributed by atoms with E-state index in [4.69, 9.17) is 9.47 Å². The van der Waals surface area contributed by atoms with Crippen molar-refractivity contribution < 1.29 is 19.1 Å². The number of carbonyl (C=O) groups is 2. The molecule has 0 fully saturated rings. The number of ether oxygens (including phenoxy) is 2. The minimum atomic E-state index is -0.372. The van der Waals surface area contributed by atoms with Crippen molar-refractivity contribution in [2.75, 3.05) is 18.5 Å². The lowest BCUT2D eigenvalue weighted by Gasteiger charge is -2.12. The summed E-state index contributed by atoms with van der Waals surface area (Å²) in [5.74, 6) is 1.25. The third-order valence-corrected chi connectivity index (χ3v) is 7.40. The fourth-order valence-corrected chi connectivity index (χ4v) is 4.79. The zero-order valence-corrected chi connectivity index (χ0v) is 25.1.